The lowest BCUT2D eigenvalue weighted by atomic mass is 10.1. The van der Waals surface area contributed by atoms with Crippen molar-refractivity contribution in [1.82, 2.24) is 10.2 Å². The lowest BCUT2D eigenvalue weighted by Crippen LogP contribution is -2.49. The average molecular weight is 397 g/mol. The summed E-state index contributed by atoms with van der Waals surface area (Å²) >= 11 is 0. The summed E-state index contributed by atoms with van der Waals surface area (Å²) < 4.78 is 5.80. The summed E-state index contributed by atoms with van der Waals surface area (Å²) in [4.78, 5) is 27.2. The monoisotopic (exact) mass is 396 g/mol. The normalized spacial score (nSPS) is 11.6. The maximum atomic E-state index is 13.0. The second kappa shape index (κ2) is 11.2. The molecule has 2 amide bonds. The molecule has 0 aliphatic carbocycles. The minimum Gasteiger partial charge on any atom is -0.483 e. The Morgan fingerprint density at radius 2 is 1.79 bits per heavy atom. The highest BCUT2D eigenvalue weighted by atomic mass is 16.5. The molecule has 0 fully saturated rings. The topological polar surface area (TPSA) is 58.6 Å². The van der Waals surface area contributed by atoms with Crippen LogP contribution in [-0.4, -0.2) is 35.9 Å². The molecule has 0 aromatic heterocycles. The Balaban J connectivity index is 2.11. The first-order valence-electron chi connectivity index (χ1n) is 10.2. The molecule has 0 aliphatic rings. The minimum absolute atomic E-state index is 0.107. The standard InChI is InChI=1S/C24H32N2O3/c1-5-6-15-25-24(28)20(4)26(16-21-12-8-7-9-13-21)23(27)17-29-22-14-10-11-18(2)19(22)3/h7-14,20H,5-6,15-17H2,1-4H3,(H,25,28)/t20-/m1/s1. The number of carbonyl (C=O) groups excluding carboxylic acids is 2. The van der Waals surface area contributed by atoms with Gasteiger partial charge in [-0.05, 0) is 49.9 Å². The highest BCUT2D eigenvalue weighted by molar-refractivity contribution is 5.87. The fourth-order valence-electron chi connectivity index (χ4n) is 3.00. The highest BCUT2D eigenvalue weighted by Gasteiger charge is 2.26. The van der Waals surface area contributed by atoms with Gasteiger partial charge in [0.05, 0.1) is 0 Å². The number of nitrogens with one attached hydrogen (secondary N) is 1. The molecule has 1 N–H and O–H groups in total. The Morgan fingerprint density at radius 1 is 1.07 bits per heavy atom. The average Bonchev–Trinajstić information content (AvgIpc) is 2.73. The van der Waals surface area contributed by atoms with E-state index < -0.39 is 6.04 Å². The van der Waals surface area contributed by atoms with Crippen molar-refractivity contribution >= 4 is 11.8 Å². The Hall–Kier alpha value is -2.82. The third-order valence-corrected chi connectivity index (χ3v) is 5.10. The van der Waals surface area contributed by atoms with Crippen LogP contribution in [0.3, 0.4) is 0 Å². The van der Waals surface area contributed by atoms with Crippen LogP contribution >= 0.6 is 0 Å². The largest absolute Gasteiger partial charge is 0.483 e. The molecule has 156 valence electrons. The number of benzene rings is 2. The zero-order valence-corrected chi connectivity index (χ0v) is 17.9. The van der Waals surface area contributed by atoms with Gasteiger partial charge in [0.15, 0.2) is 6.61 Å². The molecule has 0 bridgehead atoms. The van der Waals surface area contributed by atoms with E-state index in [0.29, 0.717) is 18.8 Å². The van der Waals surface area contributed by atoms with Gasteiger partial charge in [-0.25, -0.2) is 0 Å². The van der Waals surface area contributed by atoms with Crippen LogP contribution in [0.15, 0.2) is 48.5 Å². The molecule has 29 heavy (non-hydrogen) atoms. The molecule has 2 rings (SSSR count). The molecule has 0 saturated heterocycles. The lowest BCUT2D eigenvalue weighted by molar-refractivity contribution is -0.142. The molecule has 0 heterocycles. The smallest absolute Gasteiger partial charge is 0.261 e. The van der Waals surface area contributed by atoms with Crippen LogP contribution in [0.25, 0.3) is 0 Å². The molecule has 2 aromatic carbocycles. The first-order chi connectivity index (χ1) is 13.9. The van der Waals surface area contributed by atoms with Crippen molar-refractivity contribution in [3.8, 4) is 5.75 Å². The summed E-state index contributed by atoms with van der Waals surface area (Å²) in [6, 6.07) is 14.9. The van der Waals surface area contributed by atoms with Crippen molar-refractivity contribution in [3.05, 3.63) is 65.2 Å². The number of ether oxygens (including phenoxy) is 1. The zero-order valence-electron chi connectivity index (χ0n) is 17.9. The van der Waals surface area contributed by atoms with Crippen LogP contribution in [0.1, 0.15) is 43.4 Å². The van der Waals surface area contributed by atoms with Gasteiger partial charge in [0.1, 0.15) is 11.8 Å². The van der Waals surface area contributed by atoms with Crippen LogP contribution in [0.5, 0.6) is 5.75 Å². The molecular formula is C24H32N2O3. The van der Waals surface area contributed by atoms with Crippen molar-refractivity contribution in [2.75, 3.05) is 13.2 Å². The van der Waals surface area contributed by atoms with Crippen molar-refractivity contribution in [2.45, 2.75) is 53.1 Å². The predicted molar refractivity (Wildman–Crippen MR) is 116 cm³/mol. The Bertz CT molecular complexity index is 805. The van der Waals surface area contributed by atoms with Crippen LogP contribution in [0.2, 0.25) is 0 Å². The fraction of sp³-hybridized carbons (Fsp3) is 0.417. The van der Waals surface area contributed by atoms with Crippen LogP contribution in [-0.2, 0) is 16.1 Å². The molecule has 2 aromatic rings. The molecule has 0 aliphatic heterocycles. The zero-order chi connectivity index (χ0) is 21.2. The summed E-state index contributed by atoms with van der Waals surface area (Å²) in [5.74, 6) is 0.334. The van der Waals surface area contributed by atoms with Crippen LogP contribution < -0.4 is 10.1 Å². The van der Waals surface area contributed by atoms with Gasteiger partial charge in [0, 0.05) is 13.1 Å². The third kappa shape index (κ3) is 6.63. The van der Waals surface area contributed by atoms with Crippen LogP contribution in [0, 0.1) is 13.8 Å². The van der Waals surface area contributed by atoms with Gasteiger partial charge in [0.25, 0.3) is 5.91 Å². The van der Waals surface area contributed by atoms with Crippen LogP contribution in [0.4, 0.5) is 0 Å². The molecule has 5 nitrogen and oxygen atoms in total. The quantitative estimate of drug-likeness (QED) is 0.617. The number of aryl methyl sites for hydroxylation is 1. The maximum absolute atomic E-state index is 13.0. The first kappa shape index (κ1) is 22.5. The minimum atomic E-state index is -0.582. The van der Waals surface area contributed by atoms with Gasteiger partial charge in [-0.3, -0.25) is 9.59 Å². The molecule has 0 spiro atoms. The second-order valence-electron chi connectivity index (χ2n) is 7.31. The van der Waals surface area contributed by atoms with Gasteiger partial charge in [-0.15, -0.1) is 0 Å². The second-order valence-corrected chi connectivity index (χ2v) is 7.31. The van der Waals surface area contributed by atoms with Crippen molar-refractivity contribution < 1.29 is 14.3 Å². The fourth-order valence-corrected chi connectivity index (χ4v) is 3.00. The van der Waals surface area contributed by atoms with Gasteiger partial charge < -0.3 is 15.0 Å². The predicted octanol–water partition coefficient (Wildman–Crippen LogP) is 4.02. The number of amides is 2. The van der Waals surface area contributed by atoms with E-state index in [1.54, 1.807) is 11.8 Å². The Morgan fingerprint density at radius 3 is 2.48 bits per heavy atom. The van der Waals surface area contributed by atoms with Crippen molar-refractivity contribution in [2.24, 2.45) is 0 Å². The number of unbranched alkanes of at least 4 members (excludes halogenated alkanes) is 1. The molecule has 0 saturated carbocycles. The number of hydrogen-bond donors (Lipinski definition) is 1. The summed E-state index contributed by atoms with van der Waals surface area (Å²) in [6.07, 6.45) is 1.92. The van der Waals surface area contributed by atoms with Gasteiger partial charge in [-0.1, -0.05) is 55.8 Å². The molecular weight excluding hydrogens is 364 g/mol. The molecule has 5 heteroatoms. The molecule has 0 radical (unpaired) electrons. The highest BCUT2D eigenvalue weighted by Crippen LogP contribution is 2.21. The Labute approximate surface area is 174 Å². The van der Waals surface area contributed by atoms with E-state index in [4.69, 9.17) is 4.74 Å². The van der Waals surface area contributed by atoms with E-state index in [-0.39, 0.29) is 18.4 Å². The SMILES string of the molecule is CCCCNC(=O)[C@@H](C)N(Cc1ccccc1)C(=O)COc1cccc(C)c1C. The van der Waals surface area contributed by atoms with E-state index in [1.165, 1.54) is 0 Å². The van der Waals surface area contributed by atoms with Crippen molar-refractivity contribution in [1.29, 1.82) is 0 Å². The lowest BCUT2D eigenvalue weighted by Gasteiger charge is -2.29. The summed E-state index contributed by atoms with van der Waals surface area (Å²) in [6.45, 7) is 8.69. The number of nitrogens with zero attached hydrogens (tertiary/aromatic N) is 1. The van der Waals surface area contributed by atoms with E-state index in [9.17, 15) is 9.59 Å². The summed E-state index contributed by atoms with van der Waals surface area (Å²) in [5, 5.41) is 2.92. The number of rotatable bonds is 10. The molecule has 0 unspecified atom stereocenters. The summed E-state index contributed by atoms with van der Waals surface area (Å²) in [7, 11) is 0. The first-order valence-corrected chi connectivity index (χ1v) is 10.2. The van der Waals surface area contributed by atoms with Gasteiger partial charge in [0.2, 0.25) is 5.91 Å². The van der Waals surface area contributed by atoms with E-state index >= 15 is 0 Å². The maximum Gasteiger partial charge on any atom is 0.261 e. The van der Waals surface area contributed by atoms with E-state index in [2.05, 4.69) is 12.2 Å². The third-order valence-electron chi connectivity index (χ3n) is 5.10. The van der Waals surface area contributed by atoms with Crippen molar-refractivity contribution in [3.63, 3.8) is 0 Å². The van der Waals surface area contributed by atoms with E-state index in [1.807, 2.05) is 62.4 Å². The Kier molecular flexibility index (Phi) is 8.71. The van der Waals surface area contributed by atoms with Gasteiger partial charge in [-0.2, -0.15) is 0 Å². The van der Waals surface area contributed by atoms with Gasteiger partial charge >= 0.3 is 0 Å². The molecule has 1 atom stereocenters. The van der Waals surface area contributed by atoms with E-state index in [0.717, 1.165) is 29.5 Å². The summed E-state index contributed by atoms with van der Waals surface area (Å²) in [5.41, 5.74) is 3.10. The number of carbonyl (C=O) groups is 2. The number of hydrogen-bond acceptors (Lipinski definition) is 3.